The zero-order valence-corrected chi connectivity index (χ0v) is 10.7. The van der Waals surface area contributed by atoms with Gasteiger partial charge >= 0.3 is 0 Å². The number of amides is 2. The van der Waals surface area contributed by atoms with E-state index in [2.05, 4.69) is 14.1 Å². The Kier molecular flexibility index (Phi) is 2.99. The lowest BCUT2D eigenvalue weighted by atomic mass is 9.85. The number of hydrogen-bond acceptors (Lipinski definition) is 5. The van der Waals surface area contributed by atoms with Crippen LogP contribution in [-0.2, 0) is 4.79 Å². The van der Waals surface area contributed by atoms with Crippen LogP contribution in [0.3, 0.4) is 0 Å². The minimum absolute atomic E-state index is 0.0425. The summed E-state index contributed by atoms with van der Waals surface area (Å²) >= 11 is 1.05. The monoisotopic (exact) mass is 266 g/mol. The molecule has 0 spiro atoms. The topological polar surface area (TPSA) is 75.2 Å². The molecule has 1 aromatic heterocycles. The average molecular weight is 266 g/mol. The first-order chi connectivity index (χ1) is 8.74. The van der Waals surface area contributed by atoms with Gasteiger partial charge in [-0.1, -0.05) is 0 Å². The number of aromatic nitrogens is 2. The lowest BCUT2D eigenvalue weighted by Crippen LogP contribution is -2.55. The zero-order valence-electron chi connectivity index (χ0n) is 9.83. The van der Waals surface area contributed by atoms with E-state index in [-0.39, 0.29) is 17.9 Å². The molecule has 2 amide bonds. The fraction of sp³-hybridized carbons (Fsp3) is 0.636. The molecule has 7 heteroatoms. The number of likely N-dealkylation sites (tertiary alicyclic amines) is 1. The van der Waals surface area contributed by atoms with Gasteiger partial charge in [0.2, 0.25) is 5.91 Å². The molecule has 3 rings (SSSR count). The quantitative estimate of drug-likeness (QED) is 0.792. The van der Waals surface area contributed by atoms with Crippen LogP contribution in [0.25, 0.3) is 0 Å². The van der Waals surface area contributed by atoms with Crippen molar-refractivity contribution >= 4 is 23.5 Å². The average Bonchev–Trinajstić information content (AvgIpc) is 2.91. The second-order valence-electron chi connectivity index (χ2n) is 4.81. The highest BCUT2D eigenvalue weighted by Crippen LogP contribution is 2.26. The Morgan fingerprint density at radius 2 is 2.39 bits per heavy atom. The maximum Gasteiger partial charge on any atom is 0.275 e. The fourth-order valence-electron chi connectivity index (χ4n) is 2.72. The summed E-state index contributed by atoms with van der Waals surface area (Å²) in [4.78, 5) is 25.3. The van der Waals surface area contributed by atoms with Crippen LogP contribution in [0.1, 0.15) is 29.8 Å². The molecule has 0 aliphatic carbocycles. The van der Waals surface area contributed by atoms with Crippen LogP contribution in [0.5, 0.6) is 0 Å². The van der Waals surface area contributed by atoms with Crippen LogP contribution < -0.4 is 5.32 Å². The molecule has 96 valence electrons. The molecule has 3 heterocycles. The summed E-state index contributed by atoms with van der Waals surface area (Å²) < 4.78 is 7.83. The van der Waals surface area contributed by atoms with E-state index in [1.165, 1.54) is 6.20 Å². The van der Waals surface area contributed by atoms with Crippen molar-refractivity contribution in [3.8, 4) is 0 Å². The second kappa shape index (κ2) is 4.64. The van der Waals surface area contributed by atoms with Gasteiger partial charge in [0.15, 0.2) is 5.69 Å². The van der Waals surface area contributed by atoms with E-state index in [1.807, 2.05) is 4.90 Å². The molecule has 2 atom stereocenters. The van der Waals surface area contributed by atoms with Gasteiger partial charge < -0.3 is 10.2 Å². The van der Waals surface area contributed by atoms with Gasteiger partial charge in [0.25, 0.3) is 5.91 Å². The number of carbonyl (C=O) groups is 2. The number of rotatable bonds is 1. The summed E-state index contributed by atoms with van der Waals surface area (Å²) in [5.41, 5.74) is 0.429. The summed E-state index contributed by atoms with van der Waals surface area (Å²) in [6, 6.07) is 0.240. The van der Waals surface area contributed by atoms with Gasteiger partial charge in [0, 0.05) is 25.6 Å². The van der Waals surface area contributed by atoms with E-state index in [0.29, 0.717) is 31.1 Å². The first-order valence-corrected chi connectivity index (χ1v) is 6.83. The van der Waals surface area contributed by atoms with Crippen LogP contribution >= 0.6 is 11.7 Å². The molecule has 2 aliphatic heterocycles. The van der Waals surface area contributed by atoms with Crippen LogP contribution in [0.4, 0.5) is 0 Å². The first kappa shape index (κ1) is 11.6. The van der Waals surface area contributed by atoms with E-state index >= 15 is 0 Å². The van der Waals surface area contributed by atoms with Gasteiger partial charge in [-0.3, -0.25) is 9.59 Å². The Morgan fingerprint density at radius 1 is 1.50 bits per heavy atom. The molecule has 2 fully saturated rings. The second-order valence-corrected chi connectivity index (χ2v) is 5.36. The molecule has 0 aromatic carbocycles. The van der Waals surface area contributed by atoms with Gasteiger partial charge in [0.05, 0.1) is 17.9 Å². The lowest BCUT2D eigenvalue weighted by molar-refractivity contribution is -0.125. The van der Waals surface area contributed by atoms with Gasteiger partial charge in [-0.25, -0.2) is 0 Å². The van der Waals surface area contributed by atoms with Gasteiger partial charge in [-0.05, 0) is 18.8 Å². The largest absolute Gasteiger partial charge is 0.353 e. The molecule has 2 saturated heterocycles. The molecule has 18 heavy (non-hydrogen) atoms. The smallest absolute Gasteiger partial charge is 0.275 e. The maximum atomic E-state index is 12.1. The summed E-state index contributed by atoms with van der Waals surface area (Å²) in [6.45, 7) is 1.39. The standard InChI is InChI=1S/C11H14N4O2S/c16-10-2-1-7-6-15(4-3-8(7)13-10)11(17)9-5-12-18-14-9/h5,7-8H,1-4,6H2,(H,13,16). The zero-order chi connectivity index (χ0) is 12.5. The Morgan fingerprint density at radius 3 is 3.17 bits per heavy atom. The van der Waals surface area contributed by atoms with Crippen molar-refractivity contribution in [2.45, 2.75) is 25.3 Å². The third-order valence-corrected chi connectivity index (χ3v) is 4.17. The minimum Gasteiger partial charge on any atom is -0.353 e. The van der Waals surface area contributed by atoms with Crippen molar-refractivity contribution in [2.75, 3.05) is 13.1 Å². The predicted molar refractivity (Wildman–Crippen MR) is 65.1 cm³/mol. The summed E-state index contributed by atoms with van der Waals surface area (Å²) in [5.74, 6) is 0.478. The van der Waals surface area contributed by atoms with E-state index < -0.39 is 0 Å². The summed E-state index contributed by atoms with van der Waals surface area (Å²) in [7, 11) is 0. The maximum absolute atomic E-state index is 12.1. The van der Waals surface area contributed by atoms with Crippen LogP contribution in [0.15, 0.2) is 6.20 Å². The Bertz CT molecular complexity index is 462. The molecule has 2 aliphatic rings. The molecule has 1 N–H and O–H groups in total. The molecule has 0 radical (unpaired) electrons. The van der Waals surface area contributed by atoms with E-state index in [4.69, 9.17) is 0 Å². The number of nitrogens with one attached hydrogen (secondary N) is 1. The predicted octanol–water partition coefficient (Wildman–Crippen LogP) is 0.279. The van der Waals surface area contributed by atoms with Gasteiger partial charge in [-0.2, -0.15) is 8.75 Å². The van der Waals surface area contributed by atoms with Crippen molar-refractivity contribution in [2.24, 2.45) is 5.92 Å². The Balaban J connectivity index is 1.67. The summed E-state index contributed by atoms with van der Waals surface area (Å²) in [6.07, 6.45) is 3.79. The van der Waals surface area contributed by atoms with Crippen LogP contribution in [0, 0.1) is 5.92 Å². The SMILES string of the molecule is O=C1CCC2CN(C(=O)c3cnsn3)CCC2N1. The number of hydrogen-bond donors (Lipinski definition) is 1. The molecular formula is C11H14N4O2S. The highest BCUT2D eigenvalue weighted by Gasteiger charge is 2.35. The number of piperidine rings is 2. The van der Waals surface area contributed by atoms with Crippen molar-refractivity contribution < 1.29 is 9.59 Å². The molecule has 2 unspecified atom stereocenters. The molecular weight excluding hydrogens is 252 g/mol. The van der Waals surface area contributed by atoms with Crippen molar-refractivity contribution in [3.63, 3.8) is 0 Å². The number of nitrogens with zero attached hydrogens (tertiary/aromatic N) is 3. The molecule has 6 nitrogen and oxygen atoms in total. The van der Waals surface area contributed by atoms with Crippen LogP contribution in [0.2, 0.25) is 0 Å². The first-order valence-electron chi connectivity index (χ1n) is 6.10. The van der Waals surface area contributed by atoms with E-state index in [1.54, 1.807) is 0 Å². The van der Waals surface area contributed by atoms with Crippen LogP contribution in [-0.4, -0.2) is 44.6 Å². The Labute approximate surface area is 109 Å². The minimum atomic E-state index is -0.0425. The van der Waals surface area contributed by atoms with E-state index in [0.717, 1.165) is 24.6 Å². The highest BCUT2D eigenvalue weighted by molar-refractivity contribution is 6.99. The number of carbonyl (C=O) groups excluding carboxylic acids is 2. The van der Waals surface area contributed by atoms with E-state index in [9.17, 15) is 9.59 Å². The van der Waals surface area contributed by atoms with Crippen molar-refractivity contribution in [3.05, 3.63) is 11.9 Å². The molecule has 0 bridgehead atoms. The third-order valence-electron chi connectivity index (χ3n) is 3.69. The van der Waals surface area contributed by atoms with Crippen molar-refractivity contribution in [1.29, 1.82) is 0 Å². The summed E-state index contributed by atoms with van der Waals surface area (Å²) in [5, 5.41) is 3.01. The van der Waals surface area contributed by atoms with Crippen molar-refractivity contribution in [1.82, 2.24) is 19.0 Å². The van der Waals surface area contributed by atoms with Gasteiger partial charge in [-0.15, -0.1) is 0 Å². The normalized spacial score (nSPS) is 27.6. The Hall–Kier alpha value is -1.50. The third kappa shape index (κ3) is 2.10. The highest BCUT2D eigenvalue weighted by atomic mass is 32.1. The molecule has 1 aromatic rings. The number of fused-ring (bicyclic) bond motifs is 1. The fourth-order valence-corrected chi connectivity index (χ4v) is 3.12. The molecule has 0 saturated carbocycles. The van der Waals surface area contributed by atoms with Gasteiger partial charge in [0.1, 0.15) is 0 Å². The lowest BCUT2D eigenvalue weighted by Gasteiger charge is -2.41.